The van der Waals surface area contributed by atoms with E-state index in [-0.39, 0.29) is 12.5 Å². The van der Waals surface area contributed by atoms with Gasteiger partial charge < -0.3 is 40.3 Å². The number of aliphatic hydroxyl groups is 5. The molecule has 7 atom stereocenters. The Kier molecular flexibility index (Phi) is 32.9. The molecule has 9 nitrogen and oxygen atoms in total. The van der Waals surface area contributed by atoms with Crippen LogP contribution in [0.25, 0.3) is 0 Å². The summed E-state index contributed by atoms with van der Waals surface area (Å²) in [6.45, 7) is 3.78. The molecule has 53 heavy (non-hydrogen) atoms. The highest BCUT2D eigenvalue weighted by Gasteiger charge is 2.44. The van der Waals surface area contributed by atoms with E-state index in [9.17, 15) is 30.3 Å². The number of amides is 1. The van der Waals surface area contributed by atoms with Crippen LogP contribution in [0.15, 0.2) is 24.3 Å². The van der Waals surface area contributed by atoms with Gasteiger partial charge in [0.25, 0.3) is 0 Å². The predicted molar refractivity (Wildman–Crippen MR) is 217 cm³/mol. The number of hydrogen-bond acceptors (Lipinski definition) is 8. The van der Waals surface area contributed by atoms with Crippen molar-refractivity contribution in [3.8, 4) is 0 Å². The van der Waals surface area contributed by atoms with Gasteiger partial charge >= 0.3 is 0 Å². The van der Waals surface area contributed by atoms with Gasteiger partial charge in [0.2, 0.25) is 5.91 Å². The summed E-state index contributed by atoms with van der Waals surface area (Å²) in [4.78, 5) is 12.9. The standard InChI is InChI=1S/C44H83NO8/c1-3-5-7-9-11-13-15-16-17-18-19-20-21-22-24-26-28-30-32-34-40(48)45-37(36-52-44-43(51)42(50)41(49)39(35-46)53-44)38(47)33-31-29-27-25-23-14-12-10-8-6-4-2/h11,13,15-16,37-39,41-44,46-47,49-51H,3-10,12,14,17-36H2,1-2H3,(H,45,48)/b13-11-,16-15-. The van der Waals surface area contributed by atoms with Crippen LogP contribution in [0.3, 0.4) is 0 Å². The fourth-order valence-electron chi connectivity index (χ4n) is 6.97. The van der Waals surface area contributed by atoms with Crippen LogP contribution in [0.1, 0.15) is 194 Å². The molecule has 1 amide bonds. The molecule has 0 radical (unpaired) electrons. The summed E-state index contributed by atoms with van der Waals surface area (Å²) in [6.07, 6.45) is 33.2. The van der Waals surface area contributed by atoms with Crippen molar-refractivity contribution < 1.29 is 39.8 Å². The molecular formula is C44H83NO8. The molecule has 0 aromatic carbocycles. The molecule has 1 saturated heterocycles. The molecule has 1 aliphatic rings. The fourth-order valence-corrected chi connectivity index (χ4v) is 6.97. The third-order valence-electron chi connectivity index (χ3n) is 10.6. The molecule has 1 rings (SSSR count). The van der Waals surface area contributed by atoms with Gasteiger partial charge in [-0.05, 0) is 38.5 Å². The van der Waals surface area contributed by atoms with Gasteiger partial charge in [0.1, 0.15) is 24.4 Å². The molecule has 1 aliphatic heterocycles. The average Bonchev–Trinajstić information content (AvgIpc) is 3.16. The number of aliphatic hydroxyl groups excluding tert-OH is 5. The van der Waals surface area contributed by atoms with Crippen LogP contribution in [0, 0.1) is 0 Å². The first kappa shape index (κ1) is 49.7. The highest BCUT2D eigenvalue weighted by Crippen LogP contribution is 2.23. The Morgan fingerprint density at radius 1 is 0.642 bits per heavy atom. The molecule has 9 heteroatoms. The summed E-state index contributed by atoms with van der Waals surface area (Å²) in [7, 11) is 0. The molecule has 0 bridgehead atoms. The van der Waals surface area contributed by atoms with Gasteiger partial charge in [-0.15, -0.1) is 0 Å². The maximum atomic E-state index is 12.9. The van der Waals surface area contributed by atoms with Gasteiger partial charge in [-0.3, -0.25) is 4.79 Å². The van der Waals surface area contributed by atoms with Crippen LogP contribution in [0.4, 0.5) is 0 Å². The van der Waals surface area contributed by atoms with E-state index in [2.05, 4.69) is 43.5 Å². The zero-order chi connectivity index (χ0) is 38.8. The van der Waals surface area contributed by atoms with Crippen molar-refractivity contribution >= 4 is 5.91 Å². The second-order valence-electron chi connectivity index (χ2n) is 15.5. The number of carbonyl (C=O) groups is 1. The normalized spacial score (nSPS) is 21.8. The molecule has 0 aromatic heterocycles. The van der Waals surface area contributed by atoms with Crippen molar-refractivity contribution in [2.24, 2.45) is 0 Å². The highest BCUT2D eigenvalue weighted by molar-refractivity contribution is 5.76. The van der Waals surface area contributed by atoms with Crippen LogP contribution < -0.4 is 5.32 Å². The van der Waals surface area contributed by atoms with E-state index in [1.165, 1.54) is 122 Å². The van der Waals surface area contributed by atoms with E-state index in [1.807, 2.05) is 0 Å². The first-order valence-corrected chi connectivity index (χ1v) is 22.1. The quantitative estimate of drug-likeness (QED) is 0.0275. The number of allylic oxidation sites excluding steroid dienone is 4. The largest absolute Gasteiger partial charge is 0.394 e. The smallest absolute Gasteiger partial charge is 0.220 e. The maximum Gasteiger partial charge on any atom is 0.220 e. The Balaban J connectivity index is 2.32. The van der Waals surface area contributed by atoms with Crippen LogP contribution in [-0.2, 0) is 14.3 Å². The minimum atomic E-state index is -1.55. The van der Waals surface area contributed by atoms with Crippen LogP contribution in [0.5, 0.6) is 0 Å². The van der Waals surface area contributed by atoms with Gasteiger partial charge in [0, 0.05) is 6.42 Å². The number of carbonyl (C=O) groups excluding carboxylic acids is 1. The zero-order valence-corrected chi connectivity index (χ0v) is 34.0. The topological polar surface area (TPSA) is 149 Å². The van der Waals surface area contributed by atoms with Gasteiger partial charge in [0.15, 0.2) is 6.29 Å². The third-order valence-corrected chi connectivity index (χ3v) is 10.6. The lowest BCUT2D eigenvalue weighted by atomic mass is 9.99. The predicted octanol–water partition coefficient (Wildman–Crippen LogP) is 8.72. The first-order valence-electron chi connectivity index (χ1n) is 22.1. The second-order valence-corrected chi connectivity index (χ2v) is 15.5. The second kappa shape index (κ2) is 35.1. The Hall–Kier alpha value is -1.33. The minimum absolute atomic E-state index is 0.138. The molecule has 312 valence electrons. The number of nitrogens with one attached hydrogen (secondary N) is 1. The average molecular weight is 754 g/mol. The van der Waals surface area contributed by atoms with Gasteiger partial charge in [-0.2, -0.15) is 0 Å². The molecule has 0 saturated carbocycles. The van der Waals surface area contributed by atoms with E-state index < -0.39 is 49.5 Å². The summed E-state index contributed by atoms with van der Waals surface area (Å²) in [6, 6.07) is -0.717. The van der Waals surface area contributed by atoms with Crippen LogP contribution in [0.2, 0.25) is 0 Å². The van der Waals surface area contributed by atoms with Crippen molar-refractivity contribution in [2.75, 3.05) is 13.2 Å². The zero-order valence-electron chi connectivity index (χ0n) is 34.0. The number of unbranched alkanes of at least 4 members (excludes halogenated alkanes) is 23. The molecule has 7 unspecified atom stereocenters. The van der Waals surface area contributed by atoms with Gasteiger partial charge in [0.05, 0.1) is 25.4 Å². The van der Waals surface area contributed by atoms with E-state index in [0.29, 0.717) is 12.8 Å². The van der Waals surface area contributed by atoms with Crippen molar-refractivity contribution in [1.82, 2.24) is 5.32 Å². The summed E-state index contributed by atoms with van der Waals surface area (Å²) in [5.74, 6) is -0.150. The van der Waals surface area contributed by atoms with Crippen molar-refractivity contribution in [3.05, 3.63) is 24.3 Å². The third kappa shape index (κ3) is 26.2. The van der Waals surface area contributed by atoms with E-state index in [0.717, 1.165) is 44.9 Å². The van der Waals surface area contributed by atoms with Crippen LogP contribution >= 0.6 is 0 Å². The summed E-state index contributed by atoms with van der Waals surface area (Å²) in [5.41, 5.74) is 0. The number of rotatable bonds is 36. The van der Waals surface area contributed by atoms with Gasteiger partial charge in [-0.1, -0.05) is 173 Å². The Morgan fingerprint density at radius 2 is 1.09 bits per heavy atom. The van der Waals surface area contributed by atoms with Crippen molar-refractivity contribution in [1.29, 1.82) is 0 Å². The molecule has 6 N–H and O–H groups in total. The molecular weight excluding hydrogens is 670 g/mol. The first-order chi connectivity index (χ1) is 25.8. The summed E-state index contributed by atoms with van der Waals surface area (Å²) >= 11 is 0. The monoisotopic (exact) mass is 754 g/mol. The molecule has 1 heterocycles. The van der Waals surface area contributed by atoms with E-state index in [1.54, 1.807) is 0 Å². The Morgan fingerprint density at radius 3 is 1.62 bits per heavy atom. The molecule has 0 aliphatic carbocycles. The number of ether oxygens (including phenoxy) is 2. The number of hydrogen-bond donors (Lipinski definition) is 6. The van der Waals surface area contributed by atoms with Crippen molar-refractivity contribution in [3.63, 3.8) is 0 Å². The Bertz CT molecular complexity index is 883. The lowest BCUT2D eigenvalue weighted by Gasteiger charge is -2.40. The molecule has 0 spiro atoms. The maximum absolute atomic E-state index is 12.9. The van der Waals surface area contributed by atoms with E-state index in [4.69, 9.17) is 9.47 Å². The lowest BCUT2D eigenvalue weighted by molar-refractivity contribution is -0.302. The SMILES string of the molecule is CCCCC/C=C\C=C/CCCCCCCCCCCCC(=O)NC(COC1OC(CO)C(O)C(O)C1O)C(O)CCCCCCCCCCCCC. The van der Waals surface area contributed by atoms with Crippen LogP contribution in [-0.4, -0.2) is 87.5 Å². The molecule has 0 aromatic rings. The van der Waals surface area contributed by atoms with E-state index >= 15 is 0 Å². The van der Waals surface area contributed by atoms with Gasteiger partial charge in [-0.25, -0.2) is 0 Å². The highest BCUT2D eigenvalue weighted by atomic mass is 16.7. The fraction of sp³-hybridized carbons (Fsp3) is 0.886. The Labute approximate surface area is 324 Å². The lowest BCUT2D eigenvalue weighted by Crippen LogP contribution is -2.60. The summed E-state index contributed by atoms with van der Waals surface area (Å²) in [5, 5.41) is 54.2. The molecule has 1 fully saturated rings. The van der Waals surface area contributed by atoms with Crippen molar-refractivity contribution in [2.45, 2.75) is 236 Å². The summed E-state index contributed by atoms with van der Waals surface area (Å²) < 4.78 is 11.2. The minimum Gasteiger partial charge on any atom is -0.394 e.